The van der Waals surface area contributed by atoms with Gasteiger partial charge in [-0.25, -0.2) is 0 Å². The van der Waals surface area contributed by atoms with Crippen molar-refractivity contribution in [1.82, 2.24) is 9.78 Å². The molecule has 1 saturated heterocycles. The van der Waals surface area contributed by atoms with E-state index in [2.05, 4.69) is 21.0 Å². The van der Waals surface area contributed by atoms with Gasteiger partial charge < -0.3 is 14.2 Å². The molecule has 1 aromatic heterocycles. The average Bonchev–Trinajstić information content (AvgIpc) is 2.71. The first-order chi connectivity index (χ1) is 8.29. The number of hydrogen-bond donors (Lipinski definition) is 0. The van der Waals surface area contributed by atoms with Crippen molar-refractivity contribution in [3.63, 3.8) is 0 Å². The highest BCUT2D eigenvalue weighted by atomic mass is 79.9. The van der Waals surface area contributed by atoms with E-state index in [0.29, 0.717) is 19.0 Å². The number of nitrogens with zero attached hydrogens (tertiary/aromatic N) is 2. The van der Waals surface area contributed by atoms with Crippen molar-refractivity contribution in [1.29, 1.82) is 0 Å². The predicted molar refractivity (Wildman–Crippen MR) is 66.0 cm³/mol. The van der Waals surface area contributed by atoms with Crippen molar-refractivity contribution in [3.05, 3.63) is 10.7 Å². The van der Waals surface area contributed by atoms with E-state index in [4.69, 9.17) is 14.2 Å². The van der Waals surface area contributed by atoms with E-state index in [-0.39, 0.29) is 6.29 Å². The predicted octanol–water partition coefficient (Wildman–Crippen LogP) is 2.20. The zero-order valence-corrected chi connectivity index (χ0v) is 11.5. The summed E-state index contributed by atoms with van der Waals surface area (Å²) in [5.41, 5.74) is 0. The molecule has 0 aliphatic carbocycles. The van der Waals surface area contributed by atoms with Crippen molar-refractivity contribution in [2.24, 2.45) is 0 Å². The smallest absolute Gasteiger partial charge is 0.246 e. The standard InChI is InChI=1S/C11H17BrN2O3/c1-15-11-9(12)8-14(13-11)5-7-17-10-4-2-3-6-16-10/h8,10H,2-7H2,1H3. The highest BCUT2D eigenvalue weighted by Crippen LogP contribution is 2.21. The van der Waals surface area contributed by atoms with Crippen LogP contribution < -0.4 is 4.74 Å². The van der Waals surface area contributed by atoms with Crippen LogP contribution in [0, 0.1) is 0 Å². The van der Waals surface area contributed by atoms with Crippen molar-refractivity contribution >= 4 is 15.9 Å². The maximum Gasteiger partial charge on any atom is 0.246 e. The number of methoxy groups -OCH3 is 1. The third-order valence-electron chi connectivity index (χ3n) is 2.64. The van der Waals surface area contributed by atoms with Crippen molar-refractivity contribution in [2.75, 3.05) is 20.3 Å². The van der Waals surface area contributed by atoms with Gasteiger partial charge in [0.2, 0.25) is 5.88 Å². The van der Waals surface area contributed by atoms with Gasteiger partial charge in [-0.2, -0.15) is 0 Å². The minimum absolute atomic E-state index is 0.0374. The topological polar surface area (TPSA) is 45.5 Å². The Hall–Kier alpha value is -0.590. The number of halogens is 1. The Morgan fingerprint density at radius 2 is 2.47 bits per heavy atom. The first-order valence-corrected chi connectivity index (χ1v) is 6.59. The molecule has 96 valence electrons. The monoisotopic (exact) mass is 304 g/mol. The van der Waals surface area contributed by atoms with Gasteiger partial charge in [0, 0.05) is 12.8 Å². The van der Waals surface area contributed by atoms with Crippen LogP contribution in [0.5, 0.6) is 5.88 Å². The second-order valence-corrected chi connectivity index (χ2v) is 4.77. The molecule has 0 radical (unpaired) electrons. The van der Waals surface area contributed by atoms with Crippen LogP contribution in [0.15, 0.2) is 10.7 Å². The second-order valence-electron chi connectivity index (χ2n) is 3.92. The summed E-state index contributed by atoms with van der Waals surface area (Å²) in [5.74, 6) is 0.596. The van der Waals surface area contributed by atoms with Crippen LogP contribution in [0.4, 0.5) is 0 Å². The van der Waals surface area contributed by atoms with Gasteiger partial charge >= 0.3 is 0 Å². The molecule has 17 heavy (non-hydrogen) atoms. The molecule has 1 aromatic rings. The average molecular weight is 305 g/mol. The molecular formula is C11H17BrN2O3. The molecule has 2 heterocycles. The van der Waals surface area contributed by atoms with Crippen LogP contribution >= 0.6 is 15.9 Å². The van der Waals surface area contributed by atoms with E-state index < -0.39 is 0 Å². The largest absolute Gasteiger partial charge is 0.479 e. The zero-order chi connectivity index (χ0) is 12.1. The Morgan fingerprint density at radius 1 is 1.59 bits per heavy atom. The fourth-order valence-corrected chi connectivity index (χ4v) is 2.23. The maximum atomic E-state index is 5.63. The van der Waals surface area contributed by atoms with Crippen LogP contribution in [0.3, 0.4) is 0 Å². The highest BCUT2D eigenvalue weighted by Gasteiger charge is 2.14. The zero-order valence-electron chi connectivity index (χ0n) is 9.89. The van der Waals surface area contributed by atoms with E-state index in [1.807, 2.05) is 6.20 Å². The van der Waals surface area contributed by atoms with Crippen LogP contribution in [0.2, 0.25) is 0 Å². The summed E-state index contributed by atoms with van der Waals surface area (Å²) < 4.78 is 18.8. The van der Waals surface area contributed by atoms with E-state index in [1.165, 1.54) is 6.42 Å². The van der Waals surface area contributed by atoms with Crippen LogP contribution in [0.1, 0.15) is 19.3 Å². The number of hydrogen-bond acceptors (Lipinski definition) is 4. The summed E-state index contributed by atoms with van der Waals surface area (Å²) in [7, 11) is 1.60. The lowest BCUT2D eigenvalue weighted by Gasteiger charge is -2.22. The summed E-state index contributed by atoms with van der Waals surface area (Å²) in [5, 5.41) is 4.24. The van der Waals surface area contributed by atoms with Crippen LogP contribution in [0.25, 0.3) is 0 Å². The molecule has 0 spiro atoms. The van der Waals surface area contributed by atoms with Gasteiger partial charge in [0.25, 0.3) is 0 Å². The molecule has 0 aromatic carbocycles. The minimum Gasteiger partial charge on any atom is -0.479 e. The fourth-order valence-electron chi connectivity index (χ4n) is 1.75. The molecule has 0 amide bonds. The van der Waals surface area contributed by atoms with Gasteiger partial charge in [-0.3, -0.25) is 4.68 Å². The summed E-state index contributed by atoms with van der Waals surface area (Å²) >= 11 is 3.37. The first-order valence-electron chi connectivity index (χ1n) is 5.80. The molecule has 6 heteroatoms. The molecule has 0 N–H and O–H groups in total. The number of aromatic nitrogens is 2. The summed E-state index contributed by atoms with van der Waals surface area (Å²) in [4.78, 5) is 0. The van der Waals surface area contributed by atoms with Crippen LogP contribution in [-0.4, -0.2) is 36.4 Å². The third-order valence-corrected chi connectivity index (χ3v) is 3.19. The first kappa shape index (κ1) is 12.9. The molecule has 5 nitrogen and oxygen atoms in total. The Morgan fingerprint density at radius 3 is 3.12 bits per heavy atom. The summed E-state index contributed by atoms with van der Waals surface area (Å²) in [6.45, 7) is 2.11. The van der Waals surface area contributed by atoms with E-state index in [0.717, 1.165) is 23.9 Å². The van der Waals surface area contributed by atoms with Gasteiger partial charge in [-0.05, 0) is 35.2 Å². The molecule has 0 bridgehead atoms. The van der Waals surface area contributed by atoms with E-state index in [1.54, 1.807) is 11.8 Å². The quantitative estimate of drug-likeness (QED) is 0.836. The van der Waals surface area contributed by atoms with Crippen molar-refractivity contribution < 1.29 is 14.2 Å². The lowest BCUT2D eigenvalue weighted by Crippen LogP contribution is -2.24. The molecule has 1 unspecified atom stereocenters. The normalized spacial score (nSPS) is 20.5. The SMILES string of the molecule is COc1nn(CCOC2CCCCO2)cc1Br. The summed E-state index contributed by atoms with van der Waals surface area (Å²) in [6, 6.07) is 0. The Labute approximate surface area is 109 Å². The van der Waals surface area contributed by atoms with Gasteiger partial charge in [0.05, 0.1) is 24.7 Å². The number of ether oxygens (including phenoxy) is 3. The lowest BCUT2D eigenvalue weighted by molar-refractivity contribution is -0.163. The Bertz CT molecular complexity index is 350. The van der Waals surface area contributed by atoms with Crippen molar-refractivity contribution in [2.45, 2.75) is 32.1 Å². The minimum atomic E-state index is -0.0374. The van der Waals surface area contributed by atoms with Crippen LogP contribution in [-0.2, 0) is 16.0 Å². The Kier molecular flexibility index (Phi) is 4.82. The second kappa shape index (κ2) is 6.37. The van der Waals surface area contributed by atoms with Crippen molar-refractivity contribution in [3.8, 4) is 5.88 Å². The maximum absolute atomic E-state index is 5.63. The molecule has 1 aliphatic rings. The molecule has 1 aliphatic heterocycles. The van der Waals surface area contributed by atoms with Gasteiger partial charge in [0.1, 0.15) is 0 Å². The molecule has 0 saturated carbocycles. The van der Waals surface area contributed by atoms with Gasteiger partial charge in [0.15, 0.2) is 6.29 Å². The molecule has 2 rings (SSSR count). The third kappa shape index (κ3) is 3.69. The summed E-state index contributed by atoms with van der Waals surface area (Å²) in [6.07, 6.45) is 5.16. The fraction of sp³-hybridized carbons (Fsp3) is 0.727. The molecule has 1 atom stereocenters. The van der Waals surface area contributed by atoms with E-state index >= 15 is 0 Å². The molecular weight excluding hydrogens is 288 g/mol. The Balaban J connectivity index is 1.73. The van der Waals surface area contributed by atoms with E-state index in [9.17, 15) is 0 Å². The van der Waals surface area contributed by atoms with Gasteiger partial charge in [-0.1, -0.05) is 0 Å². The number of rotatable bonds is 5. The highest BCUT2D eigenvalue weighted by molar-refractivity contribution is 9.10. The lowest BCUT2D eigenvalue weighted by atomic mass is 10.2. The van der Waals surface area contributed by atoms with Gasteiger partial charge in [-0.15, -0.1) is 5.10 Å². The molecule has 1 fully saturated rings.